The SMILES string of the molecule is CCc1ccccc1NC(=O)CN(C)CC(=O)Nc1c(CC)cccc1CC. The summed E-state index contributed by atoms with van der Waals surface area (Å²) in [7, 11) is 1.78. The molecule has 5 nitrogen and oxygen atoms in total. The van der Waals surface area contributed by atoms with Crippen LogP contribution in [0.1, 0.15) is 37.5 Å². The number of nitrogens with zero attached hydrogens (tertiary/aromatic N) is 1. The molecule has 150 valence electrons. The van der Waals surface area contributed by atoms with E-state index in [2.05, 4.69) is 31.4 Å². The number of hydrogen-bond donors (Lipinski definition) is 2. The van der Waals surface area contributed by atoms with Gasteiger partial charge in [0.05, 0.1) is 13.1 Å². The van der Waals surface area contributed by atoms with Crippen molar-refractivity contribution >= 4 is 23.2 Å². The van der Waals surface area contributed by atoms with Gasteiger partial charge in [0, 0.05) is 11.4 Å². The maximum absolute atomic E-state index is 12.5. The van der Waals surface area contributed by atoms with Crippen molar-refractivity contribution in [2.75, 3.05) is 30.8 Å². The number of carbonyl (C=O) groups is 2. The molecule has 0 aliphatic heterocycles. The zero-order valence-corrected chi connectivity index (χ0v) is 17.3. The molecule has 0 unspecified atom stereocenters. The number of likely N-dealkylation sites (N-methyl/N-ethyl adjacent to an activating group) is 1. The summed E-state index contributed by atoms with van der Waals surface area (Å²) in [6, 6.07) is 13.9. The highest BCUT2D eigenvalue weighted by molar-refractivity contribution is 5.95. The number of para-hydroxylation sites is 2. The monoisotopic (exact) mass is 381 g/mol. The third-order valence-corrected chi connectivity index (χ3v) is 4.76. The fourth-order valence-electron chi connectivity index (χ4n) is 3.27. The number of aryl methyl sites for hydroxylation is 3. The second-order valence-corrected chi connectivity index (χ2v) is 6.94. The van der Waals surface area contributed by atoms with E-state index in [4.69, 9.17) is 0 Å². The minimum atomic E-state index is -0.126. The van der Waals surface area contributed by atoms with Gasteiger partial charge in [0.25, 0.3) is 0 Å². The van der Waals surface area contributed by atoms with Crippen LogP contribution in [-0.4, -0.2) is 36.9 Å². The predicted molar refractivity (Wildman–Crippen MR) is 116 cm³/mol. The summed E-state index contributed by atoms with van der Waals surface area (Å²) in [5, 5.41) is 5.98. The first-order chi connectivity index (χ1) is 13.5. The van der Waals surface area contributed by atoms with E-state index in [9.17, 15) is 9.59 Å². The summed E-state index contributed by atoms with van der Waals surface area (Å²) in [4.78, 5) is 26.6. The Labute approximate surface area is 168 Å². The number of amides is 2. The summed E-state index contributed by atoms with van der Waals surface area (Å²) in [5.41, 5.74) is 5.09. The van der Waals surface area contributed by atoms with Crippen LogP contribution in [0.15, 0.2) is 42.5 Å². The maximum atomic E-state index is 12.5. The molecule has 2 rings (SSSR count). The van der Waals surface area contributed by atoms with E-state index in [1.165, 1.54) is 0 Å². The molecule has 0 aliphatic carbocycles. The number of nitrogens with one attached hydrogen (secondary N) is 2. The van der Waals surface area contributed by atoms with Gasteiger partial charge in [-0.15, -0.1) is 0 Å². The van der Waals surface area contributed by atoms with Gasteiger partial charge in [-0.3, -0.25) is 14.5 Å². The Morgan fingerprint density at radius 3 is 1.82 bits per heavy atom. The molecule has 5 heteroatoms. The number of hydrogen-bond acceptors (Lipinski definition) is 3. The van der Waals surface area contributed by atoms with E-state index >= 15 is 0 Å². The number of benzene rings is 2. The Morgan fingerprint density at radius 1 is 0.750 bits per heavy atom. The predicted octanol–water partition coefficient (Wildman–Crippen LogP) is 3.88. The Kier molecular flexibility index (Phi) is 8.20. The molecule has 0 saturated carbocycles. The van der Waals surface area contributed by atoms with Gasteiger partial charge in [-0.25, -0.2) is 0 Å². The van der Waals surface area contributed by atoms with Gasteiger partial charge in [0.1, 0.15) is 0 Å². The summed E-state index contributed by atoms with van der Waals surface area (Å²) < 4.78 is 0. The van der Waals surface area contributed by atoms with Crippen LogP contribution in [0.4, 0.5) is 11.4 Å². The lowest BCUT2D eigenvalue weighted by molar-refractivity contribution is -0.119. The zero-order chi connectivity index (χ0) is 20.5. The average Bonchev–Trinajstić information content (AvgIpc) is 2.68. The molecule has 0 aromatic heterocycles. The molecule has 0 aliphatic rings. The molecule has 0 fully saturated rings. The van der Waals surface area contributed by atoms with Gasteiger partial charge >= 0.3 is 0 Å². The smallest absolute Gasteiger partial charge is 0.238 e. The normalized spacial score (nSPS) is 10.8. The third kappa shape index (κ3) is 5.92. The van der Waals surface area contributed by atoms with Crippen molar-refractivity contribution in [3.8, 4) is 0 Å². The van der Waals surface area contributed by atoms with Gasteiger partial charge in [-0.1, -0.05) is 57.2 Å². The minimum Gasteiger partial charge on any atom is -0.325 e. The highest BCUT2D eigenvalue weighted by atomic mass is 16.2. The lowest BCUT2D eigenvalue weighted by Gasteiger charge is -2.19. The molecule has 2 N–H and O–H groups in total. The van der Waals surface area contributed by atoms with E-state index in [1.807, 2.05) is 42.5 Å². The van der Waals surface area contributed by atoms with E-state index in [-0.39, 0.29) is 24.9 Å². The lowest BCUT2D eigenvalue weighted by Crippen LogP contribution is -2.36. The zero-order valence-electron chi connectivity index (χ0n) is 17.3. The molecule has 2 amide bonds. The Hall–Kier alpha value is -2.66. The van der Waals surface area contributed by atoms with E-state index in [0.717, 1.165) is 47.3 Å². The van der Waals surface area contributed by atoms with Crippen LogP contribution < -0.4 is 10.6 Å². The maximum Gasteiger partial charge on any atom is 0.238 e. The highest BCUT2D eigenvalue weighted by Crippen LogP contribution is 2.22. The van der Waals surface area contributed by atoms with Crippen molar-refractivity contribution < 1.29 is 9.59 Å². The standard InChI is InChI=1S/C23H31N3O2/c1-5-17-11-8-9-14-20(17)24-21(27)15-26(4)16-22(28)25-23-18(6-2)12-10-13-19(23)7-3/h8-14H,5-7,15-16H2,1-4H3,(H,24,27)(H,25,28). The van der Waals surface area contributed by atoms with Gasteiger partial charge in [-0.05, 0) is 49.1 Å². The summed E-state index contributed by atoms with van der Waals surface area (Å²) in [6.45, 7) is 6.52. The van der Waals surface area contributed by atoms with Gasteiger partial charge in [-0.2, -0.15) is 0 Å². The molecule has 2 aromatic carbocycles. The van der Waals surface area contributed by atoms with Crippen molar-refractivity contribution in [1.29, 1.82) is 0 Å². The number of rotatable bonds is 9. The molecule has 0 spiro atoms. The van der Waals surface area contributed by atoms with Crippen LogP contribution in [0.5, 0.6) is 0 Å². The minimum absolute atomic E-state index is 0.111. The first kappa shape index (κ1) is 21.6. The highest BCUT2D eigenvalue weighted by Gasteiger charge is 2.14. The first-order valence-corrected chi connectivity index (χ1v) is 9.95. The van der Waals surface area contributed by atoms with Crippen molar-refractivity contribution in [3.05, 3.63) is 59.2 Å². The summed E-state index contributed by atoms with van der Waals surface area (Å²) in [5.74, 6) is -0.237. The topological polar surface area (TPSA) is 61.4 Å². The fourth-order valence-corrected chi connectivity index (χ4v) is 3.27. The molecular weight excluding hydrogens is 350 g/mol. The largest absolute Gasteiger partial charge is 0.325 e. The third-order valence-electron chi connectivity index (χ3n) is 4.76. The van der Waals surface area contributed by atoms with Crippen LogP contribution in [0.3, 0.4) is 0 Å². The second kappa shape index (κ2) is 10.6. The van der Waals surface area contributed by atoms with E-state index in [1.54, 1.807) is 11.9 Å². The van der Waals surface area contributed by atoms with Gasteiger partial charge < -0.3 is 10.6 Å². The molecule has 0 bridgehead atoms. The molecule has 0 radical (unpaired) electrons. The fraction of sp³-hybridized carbons (Fsp3) is 0.391. The quantitative estimate of drug-likeness (QED) is 0.693. The molecule has 2 aromatic rings. The molecule has 28 heavy (non-hydrogen) atoms. The summed E-state index contributed by atoms with van der Waals surface area (Å²) in [6.07, 6.45) is 2.57. The molecule has 0 saturated heterocycles. The van der Waals surface area contributed by atoms with Gasteiger partial charge in [0.2, 0.25) is 11.8 Å². The van der Waals surface area contributed by atoms with Crippen LogP contribution >= 0.6 is 0 Å². The van der Waals surface area contributed by atoms with Crippen molar-refractivity contribution in [2.24, 2.45) is 0 Å². The second-order valence-electron chi connectivity index (χ2n) is 6.94. The lowest BCUT2D eigenvalue weighted by atomic mass is 10.0. The van der Waals surface area contributed by atoms with Crippen LogP contribution in [0, 0.1) is 0 Å². The Balaban J connectivity index is 1.93. The van der Waals surface area contributed by atoms with Crippen molar-refractivity contribution in [1.82, 2.24) is 4.90 Å². The number of anilines is 2. The Bertz CT molecular complexity index is 795. The van der Waals surface area contributed by atoms with E-state index in [0.29, 0.717) is 0 Å². The Morgan fingerprint density at radius 2 is 1.25 bits per heavy atom. The van der Waals surface area contributed by atoms with Gasteiger partial charge in [0.15, 0.2) is 0 Å². The average molecular weight is 382 g/mol. The molecule has 0 atom stereocenters. The van der Waals surface area contributed by atoms with E-state index < -0.39 is 0 Å². The number of carbonyl (C=O) groups excluding carboxylic acids is 2. The van der Waals surface area contributed by atoms with Crippen LogP contribution in [0.25, 0.3) is 0 Å². The van der Waals surface area contributed by atoms with Crippen molar-refractivity contribution in [2.45, 2.75) is 40.0 Å². The molecule has 0 heterocycles. The van der Waals surface area contributed by atoms with Crippen LogP contribution in [0.2, 0.25) is 0 Å². The van der Waals surface area contributed by atoms with Crippen LogP contribution in [-0.2, 0) is 28.9 Å². The molecular formula is C23H31N3O2. The van der Waals surface area contributed by atoms with Crippen molar-refractivity contribution in [3.63, 3.8) is 0 Å². The first-order valence-electron chi connectivity index (χ1n) is 9.95. The summed E-state index contributed by atoms with van der Waals surface area (Å²) >= 11 is 0.